The Morgan fingerprint density at radius 2 is 1.50 bits per heavy atom. The summed E-state index contributed by atoms with van der Waals surface area (Å²) in [6.45, 7) is 4.00. The number of anilines is 1. The van der Waals surface area contributed by atoms with Crippen LogP contribution in [-0.4, -0.2) is 18.1 Å². The molecule has 1 aliphatic carbocycles. The molecule has 0 unspecified atom stereocenters. The molecular formula is C22H24F7N5O2. The van der Waals surface area contributed by atoms with Crippen LogP contribution in [0.1, 0.15) is 33.1 Å². The average molecular weight is 523 g/mol. The minimum absolute atomic E-state index is 0.0433. The maximum atomic E-state index is 14.6. The Bertz CT molecular complexity index is 1120. The molecule has 14 heteroatoms. The Hall–Kier alpha value is -3.65. The van der Waals surface area contributed by atoms with Gasteiger partial charge in [0, 0.05) is 11.1 Å². The van der Waals surface area contributed by atoms with Crippen LogP contribution in [0.5, 0.6) is 5.75 Å². The van der Waals surface area contributed by atoms with E-state index in [9.17, 15) is 35.5 Å². The molecule has 0 aromatic heterocycles. The molecule has 0 heterocycles. The first-order chi connectivity index (χ1) is 16.9. The Labute approximate surface area is 201 Å². The van der Waals surface area contributed by atoms with Gasteiger partial charge in [-0.1, -0.05) is 26.0 Å². The zero-order valence-corrected chi connectivity index (χ0v) is 19.1. The standard InChI is InChI=1S/C20H14F7N3O2.C2H6.H4N2/c21-13-12(8-3-1-4-9(7-8)32-20(25,26)27)14(22)16(24)17(15(13)23)30-19(31)11-6-2-5-10(11)18(28)29;2*1-2/h1,3-4,7H,2,5-6H2,(H3,28,29)(H,30,31);1-2H3;1-2H2. The number of amides is 1. The molecule has 36 heavy (non-hydrogen) atoms. The predicted molar refractivity (Wildman–Crippen MR) is 120 cm³/mol. The molecule has 0 bridgehead atoms. The summed E-state index contributed by atoms with van der Waals surface area (Å²) in [4.78, 5) is 12.4. The van der Waals surface area contributed by atoms with Crippen molar-refractivity contribution in [1.82, 2.24) is 0 Å². The van der Waals surface area contributed by atoms with E-state index in [-0.39, 0.29) is 24.0 Å². The van der Waals surface area contributed by atoms with Crippen LogP contribution < -0.4 is 27.5 Å². The number of nitrogens with two attached hydrogens (primary N) is 3. The summed E-state index contributed by atoms with van der Waals surface area (Å²) in [5.74, 6) is -2.15. The van der Waals surface area contributed by atoms with Crippen molar-refractivity contribution in [3.05, 3.63) is 58.7 Å². The van der Waals surface area contributed by atoms with Crippen molar-refractivity contribution in [1.29, 1.82) is 5.41 Å². The van der Waals surface area contributed by atoms with Crippen molar-refractivity contribution in [3.63, 3.8) is 0 Å². The van der Waals surface area contributed by atoms with Crippen molar-refractivity contribution in [2.24, 2.45) is 17.4 Å². The second-order valence-corrected chi connectivity index (χ2v) is 6.76. The van der Waals surface area contributed by atoms with Crippen LogP contribution in [0.25, 0.3) is 11.1 Å². The molecule has 0 spiro atoms. The fourth-order valence-electron chi connectivity index (χ4n) is 3.32. The van der Waals surface area contributed by atoms with Crippen LogP contribution in [0.4, 0.5) is 36.4 Å². The van der Waals surface area contributed by atoms with E-state index in [0.717, 1.165) is 18.2 Å². The maximum absolute atomic E-state index is 14.6. The van der Waals surface area contributed by atoms with Gasteiger partial charge in [-0.15, -0.1) is 13.2 Å². The molecule has 3 rings (SSSR count). The molecule has 0 saturated heterocycles. The summed E-state index contributed by atoms with van der Waals surface area (Å²) in [5, 5.41) is 9.19. The fraction of sp³-hybridized carbons (Fsp3) is 0.273. The number of hydrogen-bond acceptors (Lipinski definition) is 5. The third-order valence-corrected chi connectivity index (χ3v) is 4.68. The van der Waals surface area contributed by atoms with Crippen LogP contribution in [0, 0.1) is 28.7 Å². The highest BCUT2D eigenvalue weighted by Gasteiger charge is 2.32. The first kappa shape index (κ1) is 30.4. The average Bonchev–Trinajstić information content (AvgIpc) is 3.33. The van der Waals surface area contributed by atoms with Crippen LogP contribution >= 0.6 is 0 Å². The van der Waals surface area contributed by atoms with Gasteiger partial charge in [0.25, 0.3) is 5.91 Å². The lowest BCUT2D eigenvalue weighted by molar-refractivity contribution is -0.274. The second kappa shape index (κ2) is 12.9. The van der Waals surface area contributed by atoms with Crippen molar-refractivity contribution in [2.45, 2.75) is 39.5 Å². The van der Waals surface area contributed by atoms with E-state index >= 15 is 0 Å². The molecule has 0 fully saturated rings. The largest absolute Gasteiger partial charge is 0.573 e. The minimum Gasteiger partial charge on any atom is -0.406 e. The summed E-state index contributed by atoms with van der Waals surface area (Å²) in [6.07, 6.45) is -4.24. The summed E-state index contributed by atoms with van der Waals surface area (Å²) >= 11 is 0. The number of hydrogen-bond donors (Lipinski definition) is 5. The lowest BCUT2D eigenvalue weighted by Crippen LogP contribution is -2.21. The van der Waals surface area contributed by atoms with E-state index < -0.39 is 63.9 Å². The van der Waals surface area contributed by atoms with Crippen molar-refractivity contribution >= 4 is 17.4 Å². The van der Waals surface area contributed by atoms with Gasteiger partial charge in [-0.3, -0.25) is 21.9 Å². The van der Waals surface area contributed by atoms with Gasteiger partial charge in [-0.25, -0.2) is 17.6 Å². The van der Waals surface area contributed by atoms with E-state index in [0.29, 0.717) is 12.5 Å². The fourth-order valence-corrected chi connectivity index (χ4v) is 3.32. The van der Waals surface area contributed by atoms with Crippen LogP contribution in [0.2, 0.25) is 0 Å². The third-order valence-electron chi connectivity index (χ3n) is 4.68. The normalized spacial score (nSPS) is 12.8. The molecule has 2 aromatic carbocycles. The summed E-state index contributed by atoms with van der Waals surface area (Å²) < 4.78 is 99.2. The highest BCUT2D eigenvalue weighted by Crippen LogP contribution is 2.37. The molecule has 0 radical (unpaired) electrons. The first-order valence-corrected chi connectivity index (χ1v) is 10.3. The first-order valence-electron chi connectivity index (χ1n) is 10.3. The number of ether oxygens (including phenoxy) is 1. The topological polar surface area (TPSA) is 140 Å². The van der Waals surface area contributed by atoms with E-state index in [2.05, 4.69) is 16.4 Å². The quantitative estimate of drug-likeness (QED) is 0.0936. The lowest BCUT2D eigenvalue weighted by Gasteiger charge is -2.15. The number of hydrazine groups is 1. The van der Waals surface area contributed by atoms with E-state index in [4.69, 9.17) is 11.1 Å². The lowest BCUT2D eigenvalue weighted by atomic mass is 10.0. The molecular weight excluding hydrogens is 499 g/mol. The summed E-state index contributed by atoms with van der Waals surface area (Å²) in [6, 6.07) is 3.24. The van der Waals surface area contributed by atoms with Crippen molar-refractivity contribution in [3.8, 4) is 16.9 Å². The van der Waals surface area contributed by atoms with Gasteiger partial charge in [0.1, 0.15) is 17.3 Å². The van der Waals surface area contributed by atoms with Crippen LogP contribution in [-0.2, 0) is 4.79 Å². The number of carbonyl (C=O) groups is 1. The van der Waals surface area contributed by atoms with Crippen molar-refractivity contribution in [2.75, 3.05) is 5.32 Å². The summed E-state index contributed by atoms with van der Waals surface area (Å²) in [7, 11) is 0. The highest BCUT2D eigenvalue weighted by molar-refractivity contribution is 6.11. The van der Waals surface area contributed by atoms with Crippen LogP contribution in [0.15, 0.2) is 35.4 Å². The zero-order chi connectivity index (χ0) is 27.8. The van der Waals surface area contributed by atoms with Gasteiger partial charge < -0.3 is 15.8 Å². The Morgan fingerprint density at radius 1 is 0.972 bits per heavy atom. The molecule has 198 valence electrons. The number of carbonyl (C=O) groups excluding carboxylic acids is 1. The Balaban J connectivity index is 0.00000154. The molecule has 0 aliphatic heterocycles. The zero-order valence-electron chi connectivity index (χ0n) is 19.1. The molecule has 8 N–H and O–H groups in total. The molecule has 0 atom stereocenters. The van der Waals surface area contributed by atoms with Gasteiger partial charge in [0.2, 0.25) is 0 Å². The SMILES string of the molecule is CC.N=C(N)C1=C(C(=O)Nc2c(F)c(F)c(-c3cccc(OC(F)(F)F)c3)c(F)c2F)CCC1.NN. The van der Waals surface area contributed by atoms with E-state index in [1.54, 1.807) is 5.32 Å². The molecule has 1 aliphatic rings. The van der Waals surface area contributed by atoms with Gasteiger partial charge >= 0.3 is 6.36 Å². The maximum Gasteiger partial charge on any atom is 0.573 e. The molecule has 7 nitrogen and oxygen atoms in total. The predicted octanol–water partition coefficient (Wildman–Crippen LogP) is 5.01. The monoisotopic (exact) mass is 523 g/mol. The smallest absolute Gasteiger partial charge is 0.406 e. The highest BCUT2D eigenvalue weighted by atomic mass is 19.4. The second-order valence-electron chi connectivity index (χ2n) is 6.76. The number of rotatable bonds is 5. The Morgan fingerprint density at radius 3 is 2.00 bits per heavy atom. The summed E-state index contributed by atoms with van der Waals surface area (Å²) in [5.41, 5.74) is 2.14. The molecule has 0 saturated carbocycles. The van der Waals surface area contributed by atoms with Crippen molar-refractivity contribution < 1.29 is 40.3 Å². The van der Waals surface area contributed by atoms with Gasteiger partial charge in [-0.2, -0.15) is 0 Å². The van der Waals surface area contributed by atoms with Crippen LogP contribution in [0.3, 0.4) is 0 Å². The third kappa shape index (κ3) is 6.95. The number of halogens is 7. The molecule has 1 amide bonds. The number of amidine groups is 1. The van der Waals surface area contributed by atoms with Gasteiger partial charge in [-0.05, 0) is 37.0 Å². The van der Waals surface area contributed by atoms with E-state index in [1.807, 2.05) is 13.8 Å². The number of benzene rings is 2. The van der Waals surface area contributed by atoms with E-state index in [1.165, 1.54) is 0 Å². The van der Waals surface area contributed by atoms with Gasteiger partial charge in [0.15, 0.2) is 23.3 Å². The number of alkyl halides is 3. The molecule has 2 aromatic rings. The Kier molecular flexibility index (Phi) is 10.9. The number of nitrogens with one attached hydrogen (secondary N) is 2. The van der Waals surface area contributed by atoms with Gasteiger partial charge in [0.05, 0.1) is 5.56 Å². The minimum atomic E-state index is -5.10.